The fraction of sp³-hybridized carbons (Fsp3) is 0.571. The number of benzene rings is 1. The molecule has 1 aromatic rings. The van der Waals surface area contributed by atoms with E-state index >= 15 is 0 Å². The van der Waals surface area contributed by atoms with Crippen LogP contribution in [0.2, 0.25) is 0 Å². The highest BCUT2D eigenvalue weighted by Crippen LogP contribution is 2.31. The molecule has 0 bridgehead atoms. The predicted molar refractivity (Wildman–Crippen MR) is 74.2 cm³/mol. The molecule has 2 aliphatic rings. The quantitative estimate of drug-likeness (QED) is 0.746. The molecule has 1 aromatic carbocycles. The fourth-order valence-electron chi connectivity index (χ4n) is 2.66. The third-order valence-electron chi connectivity index (χ3n) is 3.57. The molecule has 0 aromatic heterocycles. The Morgan fingerprint density at radius 3 is 2.38 bits per heavy atom. The van der Waals surface area contributed by atoms with E-state index in [2.05, 4.69) is 0 Å². The van der Waals surface area contributed by atoms with Crippen LogP contribution in [0.3, 0.4) is 0 Å². The SMILES string of the molecule is CS(=O)(=O)O[C@@H]1CO[C@H]2[C@@H]1OC[C@@H]2OCc1ccccc1. The van der Waals surface area contributed by atoms with Gasteiger partial charge in [0.15, 0.2) is 0 Å². The Morgan fingerprint density at radius 2 is 1.71 bits per heavy atom. The first kappa shape index (κ1) is 14.9. The van der Waals surface area contributed by atoms with Crippen molar-refractivity contribution in [1.29, 1.82) is 0 Å². The van der Waals surface area contributed by atoms with E-state index in [1.54, 1.807) is 0 Å². The van der Waals surface area contributed by atoms with Gasteiger partial charge in [-0.25, -0.2) is 0 Å². The van der Waals surface area contributed by atoms with Gasteiger partial charge >= 0.3 is 0 Å². The molecule has 21 heavy (non-hydrogen) atoms. The number of fused-ring (bicyclic) bond motifs is 1. The molecule has 7 heteroatoms. The molecule has 2 heterocycles. The third kappa shape index (κ3) is 3.61. The minimum atomic E-state index is -3.52. The first-order valence-corrected chi connectivity index (χ1v) is 8.61. The number of hydrogen-bond donors (Lipinski definition) is 0. The van der Waals surface area contributed by atoms with Crippen LogP contribution in [0.25, 0.3) is 0 Å². The van der Waals surface area contributed by atoms with Crippen LogP contribution in [0.15, 0.2) is 30.3 Å². The van der Waals surface area contributed by atoms with Gasteiger partial charge in [-0.2, -0.15) is 8.42 Å². The van der Waals surface area contributed by atoms with E-state index in [0.29, 0.717) is 13.2 Å². The molecule has 2 aliphatic heterocycles. The van der Waals surface area contributed by atoms with Gasteiger partial charge in [0.2, 0.25) is 0 Å². The highest BCUT2D eigenvalue weighted by atomic mass is 32.2. The molecule has 0 N–H and O–H groups in total. The summed E-state index contributed by atoms with van der Waals surface area (Å²) in [5.74, 6) is 0. The zero-order valence-corrected chi connectivity index (χ0v) is 12.5. The van der Waals surface area contributed by atoms with Crippen molar-refractivity contribution in [2.24, 2.45) is 0 Å². The van der Waals surface area contributed by atoms with Gasteiger partial charge in [-0.3, -0.25) is 4.18 Å². The zero-order chi connectivity index (χ0) is 14.9. The summed E-state index contributed by atoms with van der Waals surface area (Å²) in [6.07, 6.45) is -0.432. The molecule has 6 nitrogen and oxygen atoms in total. The normalized spacial score (nSPS) is 32.2. The second-order valence-corrected chi connectivity index (χ2v) is 6.87. The molecule has 0 radical (unpaired) electrons. The Labute approximate surface area is 124 Å². The minimum absolute atomic E-state index is 0.202. The molecule has 4 atom stereocenters. The van der Waals surface area contributed by atoms with Gasteiger partial charge in [-0.05, 0) is 5.56 Å². The average Bonchev–Trinajstić information content (AvgIpc) is 3.00. The molecular weight excluding hydrogens is 296 g/mol. The van der Waals surface area contributed by atoms with E-state index in [4.69, 9.17) is 18.4 Å². The highest BCUT2D eigenvalue weighted by molar-refractivity contribution is 7.86. The zero-order valence-electron chi connectivity index (χ0n) is 11.7. The first-order valence-electron chi connectivity index (χ1n) is 6.80. The van der Waals surface area contributed by atoms with E-state index in [-0.39, 0.29) is 24.9 Å². The van der Waals surface area contributed by atoms with Crippen molar-refractivity contribution in [3.63, 3.8) is 0 Å². The predicted octanol–water partition coefficient (Wildman–Crippen LogP) is 0.714. The van der Waals surface area contributed by atoms with Crippen molar-refractivity contribution in [2.75, 3.05) is 19.5 Å². The minimum Gasteiger partial charge on any atom is -0.370 e. The lowest BCUT2D eigenvalue weighted by Gasteiger charge is -2.17. The maximum atomic E-state index is 11.2. The summed E-state index contributed by atoms with van der Waals surface area (Å²) in [7, 11) is -3.52. The van der Waals surface area contributed by atoms with Gasteiger partial charge < -0.3 is 14.2 Å². The highest BCUT2D eigenvalue weighted by Gasteiger charge is 2.50. The van der Waals surface area contributed by atoms with Gasteiger partial charge in [0.1, 0.15) is 24.4 Å². The van der Waals surface area contributed by atoms with Crippen molar-refractivity contribution in [2.45, 2.75) is 31.0 Å². The van der Waals surface area contributed by atoms with Crippen molar-refractivity contribution in [3.05, 3.63) is 35.9 Å². The smallest absolute Gasteiger partial charge is 0.264 e. The van der Waals surface area contributed by atoms with Crippen LogP contribution in [0.5, 0.6) is 0 Å². The van der Waals surface area contributed by atoms with Crippen molar-refractivity contribution >= 4 is 10.1 Å². The van der Waals surface area contributed by atoms with E-state index in [9.17, 15) is 8.42 Å². The van der Waals surface area contributed by atoms with Gasteiger partial charge in [-0.15, -0.1) is 0 Å². The molecule has 2 saturated heterocycles. The standard InChI is InChI=1S/C14H18O6S/c1-21(15,16)20-12-9-19-13-11(8-18-14(12)13)17-7-10-5-3-2-4-6-10/h2-6,11-14H,7-9H2,1H3/t11-,12+,13+,14+/m0/s1. The maximum Gasteiger partial charge on any atom is 0.264 e. The summed E-state index contributed by atoms with van der Waals surface area (Å²) in [5.41, 5.74) is 1.07. The fourth-order valence-corrected chi connectivity index (χ4v) is 3.27. The third-order valence-corrected chi connectivity index (χ3v) is 4.16. The lowest BCUT2D eigenvalue weighted by Crippen LogP contribution is -2.34. The molecule has 0 aliphatic carbocycles. The van der Waals surface area contributed by atoms with Crippen LogP contribution in [-0.4, -0.2) is 52.3 Å². The summed E-state index contributed by atoms with van der Waals surface area (Å²) in [5, 5.41) is 0. The van der Waals surface area contributed by atoms with Crippen LogP contribution in [-0.2, 0) is 35.1 Å². The molecule has 0 spiro atoms. The van der Waals surface area contributed by atoms with Crippen LogP contribution in [0.4, 0.5) is 0 Å². The van der Waals surface area contributed by atoms with Crippen molar-refractivity contribution in [1.82, 2.24) is 0 Å². The summed E-state index contributed by atoms with van der Waals surface area (Å²) < 4.78 is 44.4. The van der Waals surface area contributed by atoms with Gasteiger partial charge in [0.05, 0.1) is 26.1 Å². The first-order chi connectivity index (χ1) is 10.0. The molecule has 3 rings (SSSR count). The van der Waals surface area contributed by atoms with E-state index < -0.39 is 16.2 Å². The lowest BCUT2D eigenvalue weighted by atomic mass is 10.1. The lowest BCUT2D eigenvalue weighted by molar-refractivity contribution is -0.0423. The van der Waals surface area contributed by atoms with Crippen molar-refractivity contribution in [3.8, 4) is 0 Å². The number of hydrogen-bond acceptors (Lipinski definition) is 6. The van der Waals surface area contributed by atoms with E-state index in [1.807, 2.05) is 30.3 Å². The molecule has 0 saturated carbocycles. The van der Waals surface area contributed by atoms with E-state index in [1.165, 1.54) is 0 Å². The summed E-state index contributed by atoms with van der Waals surface area (Å²) >= 11 is 0. The monoisotopic (exact) mass is 314 g/mol. The van der Waals surface area contributed by atoms with Crippen LogP contribution < -0.4 is 0 Å². The Balaban J connectivity index is 1.56. The van der Waals surface area contributed by atoms with Gasteiger partial charge in [0, 0.05) is 0 Å². The van der Waals surface area contributed by atoms with E-state index in [0.717, 1.165) is 11.8 Å². The summed E-state index contributed by atoms with van der Waals surface area (Å²) in [6.45, 7) is 1.05. The summed E-state index contributed by atoms with van der Waals surface area (Å²) in [4.78, 5) is 0. The molecular formula is C14H18O6S. The largest absolute Gasteiger partial charge is 0.370 e. The topological polar surface area (TPSA) is 71.1 Å². The van der Waals surface area contributed by atoms with Gasteiger partial charge in [0.25, 0.3) is 10.1 Å². The molecule has 2 fully saturated rings. The second kappa shape index (κ2) is 6.02. The summed E-state index contributed by atoms with van der Waals surface area (Å²) in [6, 6.07) is 9.82. The molecule has 116 valence electrons. The Hall–Kier alpha value is -0.990. The maximum absolute atomic E-state index is 11.2. The number of rotatable bonds is 5. The molecule has 0 unspecified atom stereocenters. The van der Waals surface area contributed by atoms with Gasteiger partial charge in [-0.1, -0.05) is 30.3 Å². The average molecular weight is 314 g/mol. The van der Waals surface area contributed by atoms with Crippen molar-refractivity contribution < 1.29 is 26.8 Å². The Kier molecular flexibility index (Phi) is 4.28. The molecule has 0 amide bonds. The second-order valence-electron chi connectivity index (χ2n) is 5.27. The van der Waals surface area contributed by atoms with Crippen LogP contribution >= 0.6 is 0 Å². The number of ether oxygens (including phenoxy) is 3. The Morgan fingerprint density at radius 1 is 1.10 bits per heavy atom. The Bertz CT molecular complexity index is 572. The van der Waals surface area contributed by atoms with Crippen LogP contribution in [0, 0.1) is 0 Å². The van der Waals surface area contributed by atoms with Crippen LogP contribution in [0.1, 0.15) is 5.56 Å².